The molecule has 0 N–H and O–H groups in total. The summed E-state index contributed by atoms with van der Waals surface area (Å²) in [7, 11) is 0. The van der Waals surface area contributed by atoms with Gasteiger partial charge in [-0.05, 0) is 65.7 Å². The molecule has 0 aliphatic heterocycles. The van der Waals surface area contributed by atoms with E-state index >= 15 is 0 Å². The van der Waals surface area contributed by atoms with E-state index in [9.17, 15) is 0 Å². The molecule has 4 aromatic heterocycles. The van der Waals surface area contributed by atoms with Crippen molar-refractivity contribution in [1.82, 2.24) is 24.1 Å². The van der Waals surface area contributed by atoms with E-state index in [1.807, 2.05) is 30.3 Å². The number of fused-ring (bicyclic) bond motifs is 9. The maximum atomic E-state index is 6.59. The van der Waals surface area contributed by atoms with Crippen LogP contribution in [-0.4, -0.2) is 24.1 Å². The Labute approximate surface area is 326 Å². The van der Waals surface area contributed by atoms with Crippen LogP contribution in [0, 0.1) is 0 Å². The molecule has 0 amide bonds. The summed E-state index contributed by atoms with van der Waals surface area (Å²) in [6.45, 7) is 0. The minimum Gasteiger partial charge on any atom is -0.456 e. The number of hydrogen-bond acceptors (Lipinski definition) is 4. The van der Waals surface area contributed by atoms with Crippen LogP contribution in [0.5, 0.6) is 0 Å². The van der Waals surface area contributed by atoms with Gasteiger partial charge in [0.05, 0.1) is 22.1 Å². The van der Waals surface area contributed by atoms with Crippen molar-refractivity contribution in [3.8, 4) is 45.5 Å². The van der Waals surface area contributed by atoms with Gasteiger partial charge in [0.2, 0.25) is 5.95 Å². The second-order valence-electron chi connectivity index (χ2n) is 14.5. The van der Waals surface area contributed by atoms with Crippen LogP contribution in [0.2, 0.25) is 0 Å². The molecule has 8 aromatic carbocycles. The van der Waals surface area contributed by atoms with Crippen LogP contribution in [0.1, 0.15) is 0 Å². The van der Waals surface area contributed by atoms with Gasteiger partial charge in [-0.3, -0.25) is 4.57 Å². The fourth-order valence-electron chi connectivity index (χ4n) is 8.55. The highest BCUT2D eigenvalue weighted by Crippen LogP contribution is 2.38. The SMILES string of the molecule is c1ccc(-c2ccc3c4ccccc4n(-c4ccc5oc6cc(-c7nc(-c8ccccc8)nc(-n8c9ccccc9c9ccccc98)n7)ccc6c5c4)c3c2)cc1. The quantitative estimate of drug-likeness (QED) is 0.177. The monoisotopic (exact) mass is 729 g/mol. The van der Waals surface area contributed by atoms with E-state index in [4.69, 9.17) is 19.4 Å². The molecule has 6 heteroatoms. The number of benzene rings is 8. The van der Waals surface area contributed by atoms with E-state index in [2.05, 4.69) is 167 Å². The summed E-state index contributed by atoms with van der Waals surface area (Å²) in [6.07, 6.45) is 0. The molecule has 0 fully saturated rings. The van der Waals surface area contributed by atoms with Crippen LogP contribution in [0.3, 0.4) is 0 Å². The van der Waals surface area contributed by atoms with Crippen molar-refractivity contribution in [3.05, 3.63) is 188 Å². The molecular weight excluding hydrogens is 699 g/mol. The summed E-state index contributed by atoms with van der Waals surface area (Å²) in [6, 6.07) is 65.7. The lowest BCUT2D eigenvalue weighted by atomic mass is 10.0. The number of furan rings is 1. The first kappa shape index (κ1) is 31.5. The molecule has 12 aromatic rings. The first-order chi connectivity index (χ1) is 28.2. The van der Waals surface area contributed by atoms with E-state index in [0.717, 1.165) is 71.6 Å². The Morgan fingerprint density at radius 1 is 0.316 bits per heavy atom. The van der Waals surface area contributed by atoms with Gasteiger partial charge in [0.15, 0.2) is 11.6 Å². The Morgan fingerprint density at radius 3 is 1.54 bits per heavy atom. The van der Waals surface area contributed by atoms with Gasteiger partial charge >= 0.3 is 0 Å². The van der Waals surface area contributed by atoms with Gasteiger partial charge < -0.3 is 8.98 Å². The van der Waals surface area contributed by atoms with Crippen LogP contribution in [0.4, 0.5) is 0 Å². The van der Waals surface area contributed by atoms with Crippen molar-refractivity contribution in [2.24, 2.45) is 0 Å². The van der Waals surface area contributed by atoms with Gasteiger partial charge in [0, 0.05) is 49.1 Å². The van der Waals surface area contributed by atoms with Crippen molar-refractivity contribution in [2.45, 2.75) is 0 Å². The van der Waals surface area contributed by atoms with E-state index in [1.165, 1.54) is 21.9 Å². The number of hydrogen-bond donors (Lipinski definition) is 0. The number of rotatable bonds is 5. The molecule has 0 aliphatic rings. The highest BCUT2D eigenvalue weighted by atomic mass is 16.3. The lowest BCUT2D eigenvalue weighted by Crippen LogP contribution is -2.06. The second kappa shape index (κ2) is 12.3. The van der Waals surface area contributed by atoms with Gasteiger partial charge in [-0.25, -0.2) is 4.98 Å². The number of para-hydroxylation sites is 3. The molecule has 6 nitrogen and oxygen atoms in total. The third-order valence-corrected chi connectivity index (χ3v) is 11.2. The molecule has 0 saturated heterocycles. The third-order valence-electron chi connectivity index (χ3n) is 11.2. The Morgan fingerprint density at radius 2 is 0.860 bits per heavy atom. The van der Waals surface area contributed by atoms with Crippen molar-refractivity contribution in [1.29, 1.82) is 0 Å². The third kappa shape index (κ3) is 4.94. The van der Waals surface area contributed by atoms with Gasteiger partial charge in [-0.2, -0.15) is 9.97 Å². The second-order valence-corrected chi connectivity index (χ2v) is 14.5. The molecule has 57 heavy (non-hydrogen) atoms. The summed E-state index contributed by atoms with van der Waals surface area (Å²) < 4.78 is 11.1. The summed E-state index contributed by atoms with van der Waals surface area (Å²) in [4.78, 5) is 15.3. The topological polar surface area (TPSA) is 61.7 Å². The molecule has 266 valence electrons. The van der Waals surface area contributed by atoms with E-state index < -0.39 is 0 Å². The lowest BCUT2D eigenvalue weighted by Gasteiger charge is -2.11. The zero-order valence-electron chi connectivity index (χ0n) is 30.5. The molecule has 4 heterocycles. The normalized spacial score (nSPS) is 11.9. The van der Waals surface area contributed by atoms with Crippen molar-refractivity contribution >= 4 is 65.6 Å². The summed E-state index contributed by atoms with van der Waals surface area (Å²) >= 11 is 0. The van der Waals surface area contributed by atoms with Crippen molar-refractivity contribution in [3.63, 3.8) is 0 Å². The zero-order valence-corrected chi connectivity index (χ0v) is 30.5. The average Bonchev–Trinajstić information content (AvgIpc) is 3.93. The van der Waals surface area contributed by atoms with Crippen molar-refractivity contribution < 1.29 is 4.42 Å². The number of nitrogens with zero attached hydrogens (tertiary/aromatic N) is 5. The summed E-state index contributed by atoms with van der Waals surface area (Å²) in [5.41, 5.74) is 11.2. The average molecular weight is 730 g/mol. The van der Waals surface area contributed by atoms with Crippen LogP contribution < -0.4 is 0 Å². The maximum absolute atomic E-state index is 6.59. The first-order valence-corrected chi connectivity index (χ1v) is 19.1. The minimum atomic E-state index is 0.562. The maximum Gasteiger partial charge on any atom is 0.238 e. The Balaban J connectivity index is 1.02. The van der Waals surface area contributed by atoms with Crippen LogP contribution in [0.15, 0.2) is 192 Å². The van der Waals surface area contributed by atoms with E-state index in [1.54, 1.807) is 0 Å². The summed E-state index contributed by atoms with van der Waals surface area (Å²) in [5, 5.41) is 6.82. The molecule has 12 rings (SSSR count). The number of aromatic nitrogens is 5. The van der Waals surface area contributed by atoms with Gasteiger partial charge in [0.1, 0.15) is 11.2 Å². The van der Waals surface area contributed by atoms with Gasteiger partial charge in [-0.15, -0.1) is 0 Å². The minimum absolute atomic E-state index is 0.562. The van der Waals surface area contributed by atoms with Crippen LogP contribution >= 0.6 is 0 Å². The molecular formula is C51H31N5O. The van der Waals surface area contributed by atoms with Crippen molar-refractivity contribution in [2.75, 3.05) is 0 Å². The molecule has 0 bridgehead atoms. The Bertz CT molecular complexity index is 3470. The lowest BCUT2D eigenvalue weighted by molar-refractivity contribution is 0.669. The molecule has 0 radical (unpaired) electrons. The van der Waals surface area contributed by atoms with Gasteiger partial charge in [-0.1, -0.05) is 133 Å². The Kier molecular flexibility index (Phi) is 6.83. The molecule has 0 spiro atoms. The predicted octanol–water partition coefficient (Wildman–Crippen LogP) is 13.0. The Hall–Kier alpha value is -7.83. The molecule has 0 atom stereocenters. The van der Waals surface area contributed by atoms with E-state index in [0.29, 0.717) is 17.6 Å². The predicted molar refractivity (Wildman–Crippen MR) is 232 cm³/mol. The largest absolute Gasteiger partial charge is 0.456 e. The first-order valence-electron chi connectivity index (χ1n) is 19.1. The highest BCUT2D eigenvalue weighted by molar-refractivity contribution is 6.12. The standard InChI is InChI=1S/C51H31N5O/c1-3-13-32(14-4-1)34-23-26-40-39-19-7-10-20-43(39)55(46(40)29-34)36-25-28-47-42(31-36)41-27-24-35(30-48(41)57-47)50-52-49(33-15-5-2-6-16-33)53-51(54-50)56-44-21-11-8-17-37(44)38-18-9-12-22-45(38)56/h1-31H. The highest BCUT2D eigenvalue weighted by Gasteiger charge is 2.19. The van der Waals surface area contributed by atoms with Crippen LogP contribution in [-0.2, 0) is 0 Å². The summed E-state index contributed by atoms with van der Waals surface area (Å²) in [5.74, 6) is 1.74. The fraction of sp³-hybridized carbons (Fsp3) is 0. The zero-order chi connectivity index (χ0) is 37.5. The van der Waals surface area contributed by atoms with Gasteiger partial charge in [0.25, 0.3) is 0 Å². The molecule has 0 saturated carbocycles. The van der Waals surface area contributed by atoms with E-state index in [-0.39, 0.29) is 0 Å². The molecule has 0 unspecified atom stereocenters. The van der Waals surface area contributed by atoms with Crippen LogP contribution in [0.25, 0.3) is 111 Å². The molecule has 0 aliphatic carbocycles. The smallest absolute Gasteiger partial charge is 0.238 e. The fourth-order valence-corrected chi connectivity index (χ4v) is 8.55.